The number of rotatable bonds is 1. The molecule has 0 amide bonds. The summed E-state index contributed by atoms with van der Waals surface area (Å²) in [5.74, 6) is 0.577. The number of hydrogen-bond donors (Lipinski definition) is 0. The molecule has 0 spiro atoms. The smallest absolute Gasteiger partial charge is 0.206 e. The number of halogens is 1. The van der Waals surface area contributed by atoms with Crippen molar-refractivity contribution in [2.45, 2.75) is 0 Å². The highest BCUT2D eigenvalue weighted by Gasteiger charge is 2.08. The number of nitrogens with zero attached hydrogens (tertiary/aromatic N) is 3. The summed E-state index contributed by atoms with van der Waals surface area (Å²) in [4.78, 5) is 8.14. The second-order valence-corrected chi connectivity index (χ2v) is 2.85. The van der Waals surface area contributed by atoms with Gasteiger partial charge in [-0.05, 0) is 23.7 Å². The van der Waals surface area contributed by atoms with Gasteiger partial charge in [-0.25, -0.2) is 4.57 Å². The number of hydrogen-bond acceptors (Lipinski definition) is 2. The van der Waals surface area contributed by atoms with Crippen molar-refractivity contribution in [1.29, 1.82) is 0 Å². The molecule has 0 unspecified atom stereocenters. The third-order valence-electron chi connectivity index (χ3n) is 1.56. The summed E-state index contributed by atoms with van der Waals surface area (Å²) in [6.07, 6.45) is 5.36. The molecule has 3 nitrogen and oxygen atoms in total. The van der Waals surface area contributed by atoms with Crippen LogP contribution in [-0.2, 0) is 0 Å². The minimum absolute atomic E-state index is 0.446. The lowest BCUT2D eigenvalue weighted by Crippen LogP contribution is -2.31. The van der Waals surface area contributed by atoms with Crippen LogP contribution in [0.2, 0.25) is 5.15 Å². The molecule has 0 aliphatic rings. The van der Waals surface area contributed by atoms with Crippen molar-refractivity contribution in [2.75, 3.05) is 0 Å². The molecule has 0 saturated heterocycles. The van der Waals surface area contributed by atoms with E-state index in [2.05, 4.69) is 9.97 Å². The lowest BCUT2D eigenvalue weighted by atomic mass is 10.5. The zero-order valence-electron chi connectivity index (χ0n) is 6.76. The molecule has 64 valence electrons. The van der Waals surface area contributed by atoms with E-state index in [-0.39, 0.29) is 0 Å². The second-order valence-electron chi connectivity index (χ2n) is 2.46. The maximum Gasteiger partial charge on any atom is 0.438 e. The molecule has 0 atom stereocenters. The van der Waals surface area contributed by atoms with Gasteiger partial charge in [-0.3, -0.25) is 0 Å². The van der Waals surface area contributed by atoms with Crippen LogP contribution in [0.5, 0.6) is 0 Å². The maximum atomic E-state index is 5.73. The first-order valence-corrected chi connectivity index (χ1v) is 4.19. The van der Waals surface area contributed by atoms with Crippen molar-refractivity contribution in [3.05, 3.63) is 48.0 Å². The van der Waals surface area contributed by atoms with Crippen molar-refractivity contribution >= 4 is 11.6 Å². The van der Waals surface area contributed by atoms with Crippen LogP contribution in [0.15, 0.2) is 42.9 Å². The van der Waals surface area contributed by atoms with Crippen LogP contribution in [-0.4, -0.2) is 9.97 Å². The molecule has 0 aromatic carbocycles. The fourth-order valence-electron chi connectivity index (χ4n) is 0.984. The van der Waals surface area contributed by atoms with Crippen LogP contribution >= 0.6 is 11.6 Å². The van der Waals surface area contributed by atoms with Crippen LogP contribution in [0, 0.1) is 0 Å². The summed E-state index contributed by atoms with van der Waals surface area (Å²) in [6.45, 7) is 0. The largest absolute Gasteiger partial charge is 0.438 e. The monoisotopic (exact) mass is 192 g/mol. The van der Waals surface area contributed by atoms with E-state index in [1.54, 1.807) is 16.8 Å². The molecule has 0 aliphatic heterocycles. The van der Waals surface area contributed by atoms with Gasteiger partial charge >= 0.3 is 5.95 Å². The molecule has 2 aromatic heterocycles. The van der Waals surface area contributed by atoms with Crippen molar-refractivity contribution in [2.24, 2.45) is 0 Å². The predicted molar refractivity (Wildman–Crippen MR) is 48.6 cm³/mol. The molecular weight excluding hydrogens is 186 g/mol. The molecule has 0 saturated carbocycles. The Morgan fingerprint density at radius 3 is 2.62 bits per heavy atom. The highest BCUT2D eigenvalue weighted by molar-refractivity contribution is 6.29. The van der Waals surface area contributed by atoms with Gasteiger partial charge in [-0.2, -0.15) is 0 Å². The fourth-order valence-corrected chi connectivity index (χ4v) is 1.12. The first-order valence-electron chi connectivity index (χ1n) is 3.81. The van der Waals surface area contributed by atoms with Gasteiger partial charge in [0.2, 0.25) is 5.15 Å². The molecule has 2 heterocycles. The Bertz CT molecular complexity index is 403. The maximum absolute atomic E-state index is 5.73. The third kappa shape index (κ3) is 1.81. The van der Waals surface area contributed by atoms with Gasteiger partial charge < -0.3 is 0 Å². The van der Waals surface area contributed by atoms with Crippen molar-refractivity contribution < 1.29 is 4.57 Å². The summed E-state index contributed by atoms with van der Waals surface area (Å²) < 4.78 is 1.80. The van der Waals surface area contributed by atoms with Crippen molar-refractivity contribution in [3.8, 4) is 5.95 Å². The fraction of sp³-hybridized carbons (Fsp3) is 0. The van der Waals surface area contributed by atoms with Crippen LogP contribution in [0.3, 0.4) is 0 Å². The summed E-state index contributed by atoms with van der Waals surface area (Å²) in [5.41, 5.74) is 0. The van der Waals surface area contributed by atoms with Crippen LogP contribution in [0.4, 0.5) is 0 Å². The van der Waals surface area contributed by atoms with Crippen LogP contribution in [0.1, 0.15) is 0 Å². The van der Waals surface area contributed by atoms with E-state index in [0.29, 0.717) is 11.1 Å². The van der Waals surface area contributed by atoms with E-state index in [9.17, 15) is 0 Å². The van der Waals surface area contributed by atoms with E-state index >= 15 is 0 Å². The Balaban J connectivity index is 2.48. The first-order chi connectivity index (χ1) is 6.36. The zero-order valence-corrected chi connectivity index (χ0v) is 7.52. The Hall–Kier alpha value is -1.48. The van der Waals surface area contributed by atoms with Gasteiger partial charge in [0, 0.05) is 6.07 Å². The van der Waals surface area contributed by atoms with E-state index in [1.165, 1.54) is 0 Å². The van der Waals surface area contributed by atoms with E-state index in [1.807, 2.05) is 30.6 Å². The molecule has 4 heteroatoms. The molecular formula is C9H7ClN3+. The lowest BCUT2D eigenvalue weighted by molar-refractivity contribution is -0.603. The van der Waals surface area contributed by atoms with Gasteiger partial charge in [-0.15, -0.1) is 0 Å². The SMILES string of the molecule is Clc1ccnc(-[n+]2ccccc2)n1. The highest BCUT2D eigenvalue weighted by Crippen LogP contribution is 2.01. The molecule has 0 aliphatic carbocycles. The Labute approximate surface area is 80.7 Å². The number of aromatic nitrogens is 3. The van der Waals surface area contributed by atoms with Gasteiger partial charge in [0.05, 0.1) is 12.4 Å². The summed E-state index contributed by atoms with van der Waals surface area (Å²) in [7, 11) is 0. The molecule has 0 fully saturated rings. The minimum atomic E-state index is 0.446. The van der Waals surface area contributed by atoms with E-state index in [0.717, 1.165) is 0 Å². The average molecular weight is 193 g/mol. The molecule has 2 aromatic rings. The topological polar surface area (TPSA) is 29.7 Å². The molecule has 2 rings (SSSR count). The van der Waals surface area contributed by atoms with Crippen molar-refractivity contribution in [1.82, 2.24) is 9.97 Å². The standard InChI is InChI=1S/C9H7ClN3/c10-8-4-5-11-9(12-8)13-6-2-1-3-7-13/h1-7H/q+1. The Kier molecular flexibility index (Phi) is 2.19. The molecule has 0 bridgehead atoms. The molecule has 13 heavy (non-hydrogen) atoms. The highest BCUT2D eigenvalue weighted by atomic mass is 35.5. The third-order valence-corrected chi connectivity index (χ3v) is 1.77. The van der Waals surface area contributed by atoms with Gasteiger partial charge in [0.1, 0.15) is 6.20 Å². The Morgan fingerprint density at radius 1 is 1.15 bits per heavy atom. The van der Waals surface area contributed by atoms with Crippen LogP contribution in [0.25, 0.3) is 5.95 Å². The van der Waals surface area contributed by atoms with Gasteiger partial charge in [0.25, 0.3) is 0 Å². The normalized spacial score (nSPS) is 9.92. The average Bonchev–Trinajstić information content (AvgIpc) is 2.19. The molecule has 0 N–H and O–H groups in total. The molecule has 0 radical (unpaired) electrons. The number of pyridine rings is 1. The van der Waals surface area contributed by atoms with Gasteiger partial charge in [-0.1, -0.05) is 16.0 Å². The lowest BCUT2D eigenvalue weighted by Gasteiger charge is -1.92. The summed E-state index contributed by atoms with van der Waals surface area (Å²) >= 11 is 5.73. The second kappa shape index (κ2) is 3.49. The summed E-state index contributed by atoms with van der Waals surface area (Å²) in [5, 5.41) is 0.446. The zero-order chi connectivity index (χ0) is 9.10. The first kappa shape index (κ1) is 8.13. The van der Waals surface area contributed by atoms with Crippen LogP contribution < -0.4 is 4.57 Å². The minimum Gasteiger partial charge on any atom is -0.206 e. The van der Waals surface area contributed by atoms with Crippen molar-refractivity contribution in [3.63, 3.8) is 0 Å². The quantitative estimate of drug-likeness (QED) is 0.505. The predicted octanol–water partition coefficient (Wildman–Crippen LogP) is 1.41. The van der Waals surface area contributed by atoms with Gasteiger partial charge in [0.15, 0.2) is 0 Å². The van der Waals surface area contributed by atoms with E-state index in [4.69, 9.17) is 11.6 Å². The Morgan fingerprint density at radius 2 is 1.92 bits per heavy atom. The summed E-state index contributed by atoms with van der Waals surface area (Å²) in [6, 6.07) is 7.39. The van der Waals surface area contributed by atoms with E-state index < -0.39 is 0 Å².